The summed E-state index contributed by atoms with van der Waals surface area (Å²) >= 11 is 0. The maximum Gasteiger partial charge on any atom is 0.131 e. The Kier molecular flexibility index (Phi) is 2.96. The molecule has 0 radical (unpaired) electrons. The van der Waals surface area contributed by atoms with Crippen molar-refractivity contribution in [3.05, 3.63) is 53.6 Å². The lowest BCUT2D eigenvalue weighted by Crippen LogP contribution is -1.99. The summed E-state index contributed by atoms with van der Waals surface area (Å²) in [5.41, 5.74) is 0.894. The van der Waals surface area contributed by atoms with Gasteiger partial charge in [-0.1, -0.05) is 6.07 Å². The largest absolute Gasteiger partial charge is 0.390 e. The molecule has 0 saturated carbocycles. The van der Waals surface area contributed by atoms with Crippen LogP contribution in [0.25, 0.3) is 0 Å². The van der Waals surface area contributed by atoms with Crippen LogP contribution in [0.5, 0.6) is 0 Å². The van der Waals surface area contributed by atoms with Gasteiger partial charge in [0, 0.05) is 17.8 Å². The summed E-state index contributed by atoms with van der Waals surface area (Å²) in [7, 11) is 0. The predicted octanol–water partition coefficient (Wildman–Crippen LogP) is 1.70. The quantitative estimate of drug-likeness (QED) is 0.861. The molecule has 0 aliphatic rings. The molecular weight excluding hydrogens is 214 g/mol. The van der Waals surface area contributed by atoms with Gasteiger partial charge in [0.2, 0.25) is 0 Å². The fourth-order valence-electron chi connectivity index (χ4n) is 1.42. The zero-order valence-corrected chi connectivity index (χ0v) is 8.40. The molecule has 1 heterocycles. The van der Waals surface area contributed by atoms with Crippen molar-refractivity contribution in [1.29, 1.82) is 0 Å². The van der Waals surface area contributed by atoms with Crippen molar-refractivity contribution in [1.82, 2.24) is 9.55 Å². The van der Waals surface area contributed by atoms with Crippen LogP contribution in [-0.4, -0.2) is 14.7 Å². The van der Waals surface area contributed by atoms with Crippen LogP contribution in [0.4, 0.5) is 8.78 Å². The van der Waals surface area contributed by atoms with Crippen molar-refractivity contribution in [3.63, 3.8) is 0 Å². The highest BCUT2D eigenvalue weighted by Crippen LogP contribution is 2.11. The first kappa shape index (κ1) is 10.8. The Labute approximate surface area is 91.0 Å². The molecule has 0 aliphatic heterocycles. The summed E-state index contributed by atoms with van der Waals surface area (Å²) < 4.78 is 27.6. The number of aliphatic hydroxyl groups excluding tert-OH is 1. The van der Waals surface area contributed by atoms with E-state index in [9.17, 15) is 8.78 Å². The van der Waals surface area contributed by atoms with Crippen molar-refractivity contribution in [2.45, 2.75) is 13.2 Å². The zero-order chi connectivity index (χ0) is 11.5. The van der Waals surface area contributed by atoms with Crippen LogP contribution in [-0.2, 0) is 13.2 Å². The van der Waals surface area contributed by atoms with Crippen LogP contribution < -0.4 is 0 Å². The van der Waals surface area contributed by atoms with E-state index < -0.39 is 11.6 Å². The lowest BCUT2D eigenvalue weighted by Gasteiger charge is -2.03. The van der Waals surface area contributed by atoms with E-state index in [-0.39, 0.29) is 13.2 Å². The normalized spacial score (nSPS) is 10.7. The van der Waals surface area contributed by atoms with E-state index in [4.69, 9.17) is 5.11 Å². The first-order valence-corrected chi connectivity index (χ1v) is 4.74. The standard InChI is InChI=1S/C11H10F2N2O/c12-9-2-1-8(11(13)3-9)4-15-5-10(6-16)14-7-15/h1-3,5,7,16H,4,6H2. The van der Waals surface area contributed by atoms with Gasteiger partial charge in [-0.05, 0) is 6.07 Å². The molecule has 16 heavy (non-hydrogen) atoms. The first-order chi connectivity index (χ1) is 7.69. The average Bonchev–Trinajstić information content (AvgIpc) is 2.70. The molecule has 5 heteroatoms. The van der Waals surface area contributed by atoms with Crippen molar-refractivity contribution in [2.75, 3.05) is 0 Å². The van der Waals surface area contributed by atoms with Crippen molar-refractivity contribution < 1.29 is 13.9 Å². The third-order valence-electron chi connectivity index (χ3n) is 2.22. The molecule has 1 aromatic carbocycles. The molecule has 0 amide bonds. The highest BCUT2D eigenvalue weighted by Gasteiger charge is 2.05. The minimum Gasteiger partial charge on any atom is -0.390 e. The number of aliphatic hydroxyl groups is 1. The van der Waals surface area contributed by atoms with Crippen molar-refractivity contribution >= 4 is 0 Å². The number of benzene rings is 1. The minimum atomic E-state index is -0.595. The Bertz CT molecular complexity index is 496. The summed E-state index contributed by atoms with van der Waals surface area (Å²) in [5, 5.41) is 8.81. The number of hydrogen-bond acceptors (Lipinski definition) is 2. The van der Waals surface area contributed by atoms with E-state index in [2.05, 4.69) is 4.98 Å². The van der Waals surface area contributed by atoms with Gasteiger partial charge < -0.3 is 9.67 Å². The highest BCUT2D eigenvalue weighted by atomic mass is 19.1. The van der Waals surface area contributed by atoms with Crippen LogP contribution in [0.15, 0.2) is 30.7 Å². The molecule has 3 nitrogen and oxygen atoms in total. The number of aromatic nitrogens is 2. The summed E-state index contributed by atoms with van der Waals surface area (Å²) in [6.07, 6.45) is 3.11. The van der Waals surface area contributed by atoms with Gasteiger partial charge in [-0.15, -0.1) is 0 Å². The molecule has 84 valence electrons. The smallest absolute Gasteiger partial charge is 0.131 e. The van der Waals surface area contributed by atoms with E-state index in [1.165, 1.54) is 18.5 Å². The second-order valence-electron chi connectivity index (χ2n) is 3.43. The van der Waals surface area contributed by atoms with Gasteiger partial charge in [-0.25, -0.2) is 13.8 Å². The molecule has 0 bridgehead atoms. The Morgan fingerprint density at radius 3 is 2.75 bits per heavy atom. The third-order valence-corrected chi connectivity index (χ3v) is 2.22. The maximum absolute atomic E-state index is 13.3. The van der Waals surface area contributed by atoms with Gasteiger partial charge in [0.25, 0.3) is 0 Å². The SMILES string of the molecule is OCc1cn(Cc2ccc(F)cc2F)cn1. The lowest BCUT2D eigenvalue weighted by atomic mass is 10.2. The van der Waals surface area contributed by atoms with Gasteiger partial charge in [-0.3, -0.25) is 0 Å². The first-order valence-electron chi connectivity index (χ1n) is 4.74. The van der Waals surface area contributed by atoms with Gasteiger partial charge in [0.05, 0.1) is 25.2 Å². The van der Waals surface area contributed by atoms with Crippen LogP contribution in [0.1, 0.15) is 11.3 Å². The second-order valence-corrected chi connectivity index (χ2v) is 3.43. The summed E-state index contributed by atoms with van der Waals surface area (Å²) in [6.45, 7) is 0.109. The molecule has 2 rings (SSSR count). The molecule has 0 saturated heterocycles. The monoisotopic (exact) mass is 224 g/mol. The Morgan fingerprint density at radius 2 is 2.12 bits per heavy atom. The number of nitrogens with zero attached hydrogens (tertiary/aromatic N) is 2. The lowest BCUT2D eigenvalue weighted by molar-refractivity contribution is 0.277. The van der Waals surface area contributed by atoms with Gasteiger partial charge in [0.15, 0.2) is 0 Å². The van der Waals surface area contributed by atoms with Crippen LogP contribution in [0.3, 0.4) is 0 Å². The zero-order valence-electron chi connectivity index (χ0n) is 8.40. The van der Waals surface area contributed by atoms with E-state index in [0.29, 0.717) is 11.3 Å². The van der Waals surface area contributed by atoms with Gasteiger partial charge >= 0.3 is 0 Å². The molecule has 2 aromatic rings. The Morgan fingerprint density at radius 1 is 1.31 bits per heavy atom. The number of halogens is 2. The molecule has 0 spiro atoms. The van der Waals surface area contributed by atoms with E-state index in [1.807, 2.05) is 0 Å². The topological polar surface area (TPSA) is 38.0 Å². The molecular formula is C11H10F2N2O. The average molecular weight is 224 g/mol. The van der Waals surface area contributed by atoms with Crippen LogP contribution in [0.2, 0.25) is 0 Å². The van der Waals surface area contributed by atoms with Crippen LogP contribution in [0, 0.1) is 11.6 Å². The van der Waals surface area contributed by atoms with Crippen LogP contribution >= 0.6 is 0 Å². The highest BCUT2D eigenvalue weighted by molar-refractivity contribution is 5.19. The molecule has 1 aromatic heterocycles. The number of imidazole rings is 1. The summed E-state index contributed by atoms with van der Waals surface area (Å²) in [5.74, 6) is -1.18. The second kappa shape index (κ2) is 4.40. The van der Waals surface area contributed by atoms with E-state index in [1.54, 1.807) is 10.8 Å². The number of rotatable bonds is 3. The fourth-order valence-corrected chi connectivity index (χ4v) is 1.42. The maximum atomic E-state index is 13.3. The number of hydrogen-bond donors (Lipinski definition) is 1. The third kappa shape index (κ3) is 2.25. The van der Waals surface area contributed by atoms with Gasteiger partial charge in [-0.2, -0.15) is 0 Å². The van der Waals surface area contributed by atoms with E-state index in [0.717, 1.165) is 6.07 Å². The summed E-state index contributed by atoms with van der Waals surface area (Å²) in [6, 6.07) is 3.45. The molecule has 0 atom stereocenters. The predicted molar refractivity (Wildman–Crippen MR) is 53.6 cm³/mol. The van der Waals surface area contributed by atoms with Gasteiger partial charge in [0.1, 0.15) is 11.6 Å². The minimum absolute atomic E-state index is 0.154. The summed E-state index contributed by atoms with van der Waals surface area (Å²) in [4.78, 5) is 3.89. The Hall–Kier alpha value is -1.75. The molecule has 0 unspecified atom stereocenters. The molecule has 0 aliphatic carbocycles. The molecule has 1 N–H and O–H groups in total. The Balaban J connectivity index is 2.20. The fraction of sp³-hybridized carbons (Fsp3) is 0.182. The van der Waals surface area contributed by atoms with Crippen molar-refractivity contribution in [2.24, 2.45) is 0 Å². The van der Waals surface area contributed by atoms with E-state index >= 15 is 0 Å². The molecule has 0 fully saturated rings. The van der Waals surface area contributed by atoms with Crippen molar-refractivity contribution in [3.8, 4) is 0 Å².